The second-order valence-electron chi connectivity index (χ2n) is 7.71. The number of benzene rings is 2. The van der Waals surface area contributed by atoms with Crippen LogP contribution >= 0.6 is 0 Å². The number of hydrogen-bond acceptors (Lipinski definition) is 0. The fraction of sp³-hybridized carbons (Fsp3) is 0.360. The molecule has 0 saturated heterocycles. The average molecular weight is 328 g/mol. The van der Waals surface area contributed by atoms with E-state index < -0.39 is 0 Å². The lowest BCUT2D eigenvalue weighted by Crippen LogP contribution is -2.18. The molecule has 0 amide bonds. The van der Waals surface area contributed by atoms with Crippen molar-refractivity contribution in [2.24, 2.45) is 11.8 Å². The predicted molar refractivity (Wildman–Crippen MR) is 109 cm³/mol. The van der Waals surface area contributed by atoms with Gasteiger partial charge in [-0.2, -0.15) is 0 Å². The highest BCUT2D eigenvalue weighted by molar-refractivity contribution is 5.63. The second-order valence-corrected chi connectivity index (χ2v) is 7.71. The summed E-state index contributed by atoms with van der Waals surface area (Å²) in [5.74, 6) is 2.68. The summed E-state index contributed by atoms with van der Waals surface area (Å²) in [6, 6.07) is 17.8. The van der Waals surface area contributed by atoms with Gasteiger partial charge >= 0.3 is 0 Å². The van der Waals surface area contributed by atoms with Gasteiger partial charge in [0.1, 0.15) is 0 Å². The molecule has 0 heteroatoms. The first-order valence-electron chi connectivity index (χ1n) is 9.82. The van der Waals surface area contributed by atoms with Gasteiger partial charge in [-0.15, -0.1) is 0 Å². The van der Waals surface area contributed by atoms with Gasteiger partial charge in [-0.1, -0.05) is 93.1 Å². The minimum atomic E-state index is 0.590. The van der Waals surface area contributed by atoms with Crippen molar-refractivity contribution in [1.29, 1.82) is 0 Å². The predicted octanol–water partition coefficient (Wildman–Crippen LogP) is 7.05. The van der Waals surface area contributed by atoms with E-state index in [0.717, 1.165) is 5.92 Å². The second kappa shape index (κ2) is 7.04. The molecule has 2 aliphatic rings. The molecule has 25 heavy (non-hydrogen) atoms. The Morgan fingerprint density at radius 3 is 2.24 bits per heavy atom. The maximum Gasteiger partial charge on any atom is 0.00555 e. The molecule has 2 aliphatic carbocycles. The van der Waals surface area contributed by atoms with E-state index in [1.54, 1.807) is 0 Å². The van der Waals surface area contributed by atoms with Gasteiger partial charge in [-0.05, 0) is 46.9 Å². The Balaban J connectivity index is 1.43. The molecule has 0 radical (unpaired) electrons. The van der Waals surface area contributed by atoms with Crippen LogP contribution in [0.25, 0.3) is 12.2 Å². The molecule has 0 saturated carbocycles. The number of allylic oxidation sites excluding steroid dienone is 2. The summed E-state index contributed by atoms with van der Waals surface area (Å²) < 4.78 is 0. The molecule has 0 nitrogen and oxygen atoms in total. The molecule has 128 valence electrons. The summed E-state index contributed by atoms with van der Waals surface area (Å²) in [6.45, 7) is 4.83. The minimum Gasteiger partial charge on any atom is -0.0764 e. The Bertz CT molecular complexity index is 795. The Kier molecular flexibility index (Phi) is 4.61. The SMILES string of the molecule is CCC(CCC1C=Cc2ccccc21)C(C)C1C=Cc2ccccc21. The molecule has 4 rings (SSSR count). The van der Waals surface area contributed by atoms with Crippen molar-refractivity contribution in [2.45, 2.75) is 44.9 Å². The number of fused-ring (bicyclic) bond motifs is 2. The van der Waals surface area contributed by atoms with Gasteiger partial charge in [-0.3, -0.25) is 0 Å². The van der Waals surface area contributed by atoms with Crippen LogP contribution < -0.4 is 0 Å². The molecule has 4 atom stereocenters. The van der Waals surface area contributed by atoms with Crippen LogP contribution in [0, 0.1) is 11.8 Å². The zero-order valence-electron chi connectivity index (χ0n) is 15.4. The van der Waals surface area contributed by atoms with Gasteiger partial charge in [-0.25, -0.2) is 0 Å². The normalized spacial score (nSPS) is 22.6. The molecule has 0 aliphatic heterocycles. The van der Waals surface area contributed by atoms with Gasteiger partial charge in [0.25, 0.3) is 0 Å². The van der Waals surface area contributed by atoms with E-state index in [0.29, 0.717) is 17.8 Å². The van der Waals surface area contributed by atoms with Crippen molar-refractivity contribution in [3.8, 4) is 0 Å². The summed E-state index contributed by atoms with van der Waals surface area (Å²) in [5.41, 5.74) is 5.89. The molecule has 2 aromatic carbocycles. The quantitative estimate of drug-likeness (QED) is 0.533. The Morgan fingerprint density at radius 2 is 1.48 bits per heavy atom. The fourth-order valence-corrected chi connectivity index (χ4v) is 4.84. The van der Waals surface area contributed by atoms with Crippen LogP contribution in [-0.4, -0.2) is 0 Å². The topological polar surface area (TPSA) is 0 Å². The lowest BCUT2D eigenvalue weighted by atomic mass is 9.76. The van der Waals surface area contributed by atoms with Gasteiger partial charge in [0.05, 0.1) is 0 Å². The first-order chi connectivity index (χ1) is 12.3. The fourth-order valence-electron chi connectivity index (χ4n) is 4.84. The zero-order chi connectivity index (χ0) is 17.2. The van der Waals surface area contributed by atoms with Gasteiger partial charge in [0.15, 0.2) is 0 Å². The lowest BCUT2D eigenvalue weighted by molar-refractivity contribution is 0.295. The zero-order valence-corrected chi connectivity index (χ0v) is 15.4. The summed E-state index contributed by atoms with van der Waals surface area (Å²) in [5, 5.41) is 0. The molecule has 0 aromatic heterocycles. The Hall–Kier alpha value is -2.08. The van der Waals surface area contributed by atoms with Crippen molar-refractivity contribution in [3.63, 3.8) is 0 Å². The van der Waals surface area contributed by atoms with Crippen LogP contribution in [0.5, 0.6) is 0 Å². The van der Waals surface area contributed by atoms with Crippen molar-refractivity contribution in [1.82, 2.24) is 0 Å². The monoisotopic (exact) mass is 328 g/mol. The number of rotatable bonds is 6. The van der Waals surface area contributed by atoms with E-state index >= 15 is 0 Å². The Labute approximate surface area is 152 Å². The van der Waals surface area contributed by atoms with Gasteiger partial charge in [0, 0.05) is 11.8 Å². The minimum absolute atomic E-state index is 0.590. The first-order valence-corrected chi connectivity index (χ1v) is 9.82. The van der Waals surface area contributed by atoms with Crippen molar-refractivity contribution in [3.05, 3.63) is 82.9 Å². The van der Waals surface area contributed by atoms with E-state index in [-0.39, 0.29) is 0 Å². The molecular weight excluding hydrogens is 300 g/mol. The van der Waals surface area contributed by atoms with Crippen LogP contribution in [0.15, 0.2) is 60.7 Å². The van der Waals surface area contributed by atoms with E-state index in [1.165, 1.54) is 41.5 Å². The summed E-state index contributed by atoms with van der Waals surface area (Å²) in [6.07, 6.45) is 13.3. The van der Waals surface area contributed by atoms with Crippen molar-refractivity contribution >= 4 is 12.2 Å². The summed E-state index contributed by atoms with van der Waals surface area (Å²) >= 11 is 0. The molecule has 0 heterocycles. The number of hydrogen-bond donors (Lipinski definition) is 0. The average Bonchev–Trinajstić information content (AvgIpc) is 3.26. The van der Waals surface area contributed by atoms with Gasteiger partial charge in [0.2, 0.25) is 0 Å². The molecular formula is C25H28. The maximum atomic E-state index is 2.46. The third-order valence-corrected chi connectivity index (χ3v) is 6.42. The van der Waals surface area contributed by atoms with Crippen LogP contribution in [-0.2, 0) is 0 Å². The van der Waals surface area contributed by atoms with E-state index in [4.69, 9.17) is 0 Å². The van der Waals surface area contributed by atoms with Crippen LogP contribution in [0.4, 0.5) is 0 Å². The van der Waals surface area contributed by atoms with Crippen LogP contribution in [0.3, 0.4) is 0 Å². The van der Waals surface area contributed by atoms with E-state index in [9.17, 15) is 0 Å². The first kappa shape index (κ1) is 16.4. The maximum absolute atomic E-state index is 2.46. The van der Waals surface area contributed by atoms with E-state index in [1.807, 2.05) is 0 Å². The third-order valence-electron chi connectivity index (χ3n) is 6.42. The van der Waals surface area contributed by atoms with Crippen molar-refractivity contribution in [2.75, 3.05) is 0 Å². The molecule has 0 N–H and O–H groups in total. The largest absolute Gasteiger partial charge is 0.0764 e. The Morgan fingerprint density at radius 1 is 0.840 bits per heavy atom. The van der Waals surface area contributed by atoms with Crippen LogP contribution in [0.2, 0.25) is 0 Å². The van der Waals surface area contributed by atoms with Crippen molar-refractivity contribution < 1.29 is 0 Å². The molecule has 2 aromatic rings. The van der Waals surface area contributed by atoms with Gasteiger partial charge < -0.3 is 0 Å². The highest BCUT2D eigenvalue weighted by Gasteiger charge is 2.28. The molecule has 0 fully saturated rings. The third kappa shape index (κ3) is 3.11. The van der Waals surface area contributed by atoms with E-state index in [2.05, 4.69) is 86.7 Å². The summed E-state index contributed by atoms with van der Waals surface area (Å²) in [7, 11) is 0. The van der Waals surface area contributed by atoms with Crippen LogP contribution in [0.1, 0.15) is 67.2 Å². The molecule has 0 spiro atoms. The summed E-state index contributed by atoms with van der Waals surface area (Å²) in [4.78, 5) is 0. The smallest absolute Gasteiger partial charge is 0.00555 e. The lowest BCUT2D eigenvalue weighted by Gasteiger charge is -2.29. The standard InChI is InChI=1S/C25H28/c1-3-19(12-13-22-15-14-20-8-4-6-10-24(20)22)18(2)23-17-16-21-9-5-7-11-25(21)23/h4-11,14-19,22-23H,3,12-13H2,1-2H3. The molecule has 0 bridgehead atoms. The molecule has 4 unspecified atom stereocenters. The highest BCUT2D eigenvalue weighted by atomic mass is 14.3. The highest BCUT2D eigenvalue weighted by Crippen LogP contribution is 2.42.